The van der Waals surface area contributed by atoms with E-state index in [9.17, 15) is 18.7 Å². The molecule has 0 aromatic carbocycles. The summed E-state index contributed by atoms with van der Waals surface area (Å²) in [6.45, 7) is -0.666. The van der Waals surface area contributed by atoms with Gasteiger partial charge in [-0.05, 0) is 12.8 Å². The van der Waals surface area contributed by atoms with Gasteiger partial charge < -0.3 is 15.7 Å². The number of carbonyl (C=O) groups is 1. The Hall–Kier alpha value is -2.95. The summed E-state index contributed by atoms with van der Waals surface area (Å²) in [6, 6.07) is 0. The molecule has 0 unspecified atom stereocenters. The first-order valence-electron chi connectivity index (χ1n) is 9.92. The fourth-order valence-electron chi connectivity index (χ4n) is 4.80. The molecule has 1 amide bonds. The van der Waals surface area contributed by atoms with Crippen molar-refractivity contribution in [2.24, 2.45) is 0 Å². The summed E-state index contributed by atoms with van der Waals surface area (Å²) >= 11 is 0. The first-order chi connectivity index (χ1) is 14.3. The minimum atomic E-state index is -2.75. The monoisotopic (exact) mass is 417 g/mol. The average Bonchev–Trinajstić information content (AvgIpc) is 3.41. The highest BCUT2D eigenvalue weighted by Crippen LogP contribution is 2.54. The van der Waals surface area contributed by atoms with Crippen LogP contribution in [0.2, 0.25) is 0 Å². The van der Waals surface area contributed by atoms with E-state index in [1.165, 1.54) is 22.2 Å². The highest BCUT2D eigenvalue weighted by atomic mass is 19.3. The number of hydrogen-bond donors (Lipinski definition) is 2. The number of anilines is 4. The third-order valence-corrected chi connectivity index (χ3v) is 6.20. The van der Waals surface area contributed by atoms with Crippen LogP contribution in [-0.4, -0.2) is 50.0 Å². The maximum Gasteiger partial charge on any atom is 0.267 e. The molecular weight excluding hydrogens is 396 g/mol. The van der Waals surface area contributed by atoms with E-state index in [4.69, 9.17) is 5.73 Å². The van der Waals surface area contributed by atoms with Crippen molar-refractivity contribution in [3.05, 3.63) is 23.8 Å². The number of aromatic nitrogens is 4. The van der Waals surface area contributed by atoms with Crippen LogP contribution in [0.25, 0.3) is 0 Å². The van der Waals surface area contributed by atoms with Crippen molar-refractivity contribution in [3.8, 4) is 0 Å². The first kappa shape index (κ1) is 19.0. The van der Waals surface area contributed by atoms with Crippen LogP contribution in [0.3, 0.4) is 0 Å². The van der Waals surface area contributed by atoms with Gasteiger partial charge in [0.25, 0.3) is 5.92 Å². The molecule has 30 heavy (non-hydrogen) atoms. The van der Waals surface area contributed by atoms with Crippen LogP contribution in [-0.2, 0) is 16.8 Å². The van der Waals surface area contributed by atoms with Crippen molar-refractivity contribution in [1.29, 1.82) is 0 Å². The average molecular weight is 417 g/mol. The minimum absolute atomic E-state index is 0.121. The van der Waals surface area contributed by atoms with Crippen molar-refractivity contribution >= 4 is 29.2 Å². The number of aliphatic hydroxyl groups excluding tert-OH is 1. The molecule has 4 heterocycles. The van der Waals surface area contributed by atoms with Crippen LogP contribution in [0, 0.1) is 0 Å². The molecule has 1 spiro atoms. The molecule has 0 radical (unpaired) electrons. The van der Waals surface area contributed by atoms with E-state index in [0.29, 0.717) is 29.9 Å². The molecule has 1 saturated carbocycles. The summed E-state index contributed by atoms with van der Waals surface area (Å²) in [5, 5.41) is 9.50. The van der Waals surface area contributed by atoms with Gasteiger partial charge in [-0.2, -0.15) is 0 Å². The number of nitrogen functional groups attached to an aromatic ring is 1. The number of nitrogens with zero attached hydrogens (tertiary/aromatic N) is 6. The Kier molecular flexibility index (Phi) is 4.14. The van der Waals surface area contributed by atoms with Gasteiger partial charge in [0.05, 0.1) is 35.6 Å². The molecule has 2 aliphatic heterocycles. The van der Waals surface area contributed by atoms with Gasteiger partial charge in [0.2, 0.25) is 11.9 Å². The van der Waals surface area contributed by atoms with Crippen molar-refractivity contribution in [1.82, 2.24) is 19.9 Å². The Morgan fingerprint density at radius 3 is 2.43 bits per heavy atom. The largest absolute Gasteiger partial charge is 0.388 e. The van der Waals surface area contributed by atoms with Gasteiger partial charge in [-0.1, -0.05) is 12.8 Å². The third kappa shape index (κ3) is 2.72. The topological polar surface area (TPSA) is 121 Å². The molecule has 3 N–H and O–H groups in total. The standard InChI is InChI=1S/C19H21F2N7O2/c20-19(21)5-6-27(10-19)17-23-7-11(8-24-17)28-15-13(14(22)25-12(9-29)26-15)18(16(28)30)3-1-2-4-18/h7-8,29H,1-6,9-10H2,(H2,22,25,26). The van der Waals surface area contributed by atoms with Crippen LogP contribution in [0.1, 0.15) is 43.5 Å². The van der Waals surface area contributed by atoms with Crippen LogP contribution in [0.15, 0.2) is 12.4 Å². The molecule has 5 rings (SSSR count). The van der Waals surface area contributed by atoms with Crippen molar-refractivity contribution in [2.45, 2.75) is 50.0 Å². The Morgan fingerprint density at radius 1 is 1.13 bits per heavy atom. The molecule has 9 nitrogen and oxygen atoms in total. The van der Waals surface area contributed by atoms with Gasteiger partial charge in [0, 0.05) is 13.0 Å². The van der Waals surface area contributed by atoms with Gasteiger partial charge in [-0.15, -0.1) is 0 Å². The number of alkyl halides is 2. The quantitative estimate of drug-likeness (QED) is 0.774. The fraction of sp³-hybridized carbons (Fsp3) is 0.526. The van der Waals surface area contributed by atoms with E-state index in [1.807, 2.05) is 0 Å². The molecule has 2 fully saturated rings. The molecule has 158 valence electrons. The van der Waals surface area contributed by atoms with E-state index in [0.717, 1.165) is 12.8 Å². The van der Waals surface area contributed by atoms with Crippen molar-refractivity contribution in [3.63, 3.8) is 0 Å². The summed E-state index contributed by atoms with van der Waals surface area (Å²) in [4.78, 5) is 33.4. The number of fused-ring (bicyclic) bond motifs is 2. The number of amides is 1. The lowest BCUT2D eigenvalue weighted by Crippen LogP contribution is -2.36. The number of rotatable bonds is 3. The summed E-state index contributed by atoms with van der Waals surface area (Å²) < 4.78 is 27.0. The van der Waals surface area contributed by atoms with Gasteiger partial charge >= 0.3 is 0 Å². The van der Waals surface area contributed by atoms with E-state index < -0.39 is 24.5 Å². The Bertz CT molecular complexity index is 1010. The van der Waals surface area contributed by atoms with Crippen LogP contribution < -0.4 is 15.5 Å². The fourth-order valence-corrected chi connectivity index (χ4v) is 4.80. The summed E-state index contributed by atoms with van der Waals surface area (Å²) in [7, 11) is 0. The van der Waals surface area contributed by atoms with E-state index in [1.54, 1.807) is 0 Å². The highest BCUT2D eigenvalue weighted by molar-refractivity contribution is 6.13. The molecule has 0 bridgehead atoms. The van der Waals surface area contributed by atoms with Crippen LogP contribution >= 0.6 is 0 Å². The van der Waals surface area contributed by atoms with Crippen LogP contribution in [0.5, 0.6) is 0 Å². The highest BCUT2D eigenvalue weighted by Gasteiger charge is 2.55. The van der Waals surface area contributed by atoms with Gasteiger partial charge in [-0.3, -0.25) is 9.69 Å². The number of nitrogens with two attached hydrogens (primary N) is 1. The number of halogens is 2. The molecule has 1 aliphatic carbocycles. The second-order valence-electron chi connectivity index (χ2n) is 8.08. The molecule has 2 aromatic heterocycles. The van der Waals surface area contributed by atoms with Crippen LogP contribution in [0.4, 0.5) is 32.1 Å². The molecule has 11 heteroatoms. The number of aliphatic hydroxyl groups is 1. The predicted molar refractivity (Wildman–Crippen MR) is 103 cm³/mol. The molecule has 1 saturated heterocycles. The van der Waals surface area contributed by atoms with E-state index >= 15 is 0 Å². The van der Waals surface area contributed by atoms with E-state index in [2.05, 4.69) is 19.9 Å². The normalized spacial score (nSPS) is 21.6. The molecule has 3 aliphatic rings. The first-order valence-corrected chi connectivity index (χ1v) is 9.92. The second kappa shape index (κ2) is 6.53. The number of hydrogen-bond acceptors (Lipinski definition) is 8. The summed E-state index contributed by atoms with van der Waals surface area (Å²) in [5.74, 6) is -2.08. The maximum absolute atomic E-state index is 13.5. The van der Waals surface area contributed by atoms with Gasteiger partial charge in [0.1, 0.15) is 18.2 Å². The second-order valence-corrected chi connectivity index (χ2v) is 8.08. The lowest BCUT2D eigenvalue weighted by atomic mass is 9.80. The third-order valence-electron chi connectivity index (χ3n) is 6.20. The lowest BCUT2D eigenvalue weighted by molar-refractivity contribution is -0.122. The minimum Gasteiger partial charge on any atom is -0.388 e. The van der Waals surface area contributed by atoms with E-state index in [-0.39, 0.29) is 36.5 Å². The predicted octanol–water partition coefficient (Wildman–Crippen LogP) is 1.68. The molecule has 2 aromatic rings. The number of carbonyl (C=O) groups excluding carboxylic acids is 1. The molecular formula is C19H21F2N7O2. The Labute approximate surface area is 171 Å². The molecule has 0 atom stereocenters. The van der Waals surface area contributed by atoms with Crippen molar-refractivity contribution < 1.29 is 18.7 Å². The van der Waals surface area contributed by atoms with Gasteiger partial charge in [0.15, 0.2) is 5.82 Å². The Balaban J connectivity index is 1.55. The lowest BCUT2D eigenvalue weighted by Gasteiger charge is -2.23. The SMILES string of the molecule is Nc1nc(CO)nc2c1C1(CCCC1)C(=O)N2c1cnc(N2CCC(F)(F)C2)nc1. The zero-order chi connectivity index (χ0) is 21.1. The zero-order valence-electron chi connectivity index (χ0n) is 16.2. The smallest absolute Gasteiger partial charge is 0.267 e. The summed E-state index contributed by atoms with van der Waals surface area (Å²) in [6.07, 6.45) is 5.69. The maximum atomic E-state index is 13.5. The summed E-state index contributed by atoms with van der Waals surface area (Å²) in [5.41, 5.74) is 6.36. The van der Waals surface area contributed by atoms with Crippen molar-refractivity contribution in [2.75, 3.05) is 28.6 Å². The Morgan fingerprint density at radius 2 is 1.83 bits per heavy atom. The zero-order valence-corrected chi connectivity index (χ0v) is 16.2. The van der Waals surface area contributed by atoms with Gasteiger partial charge in [-0.25, -0.2) is 28.7 Å².